The summed E-state index contributed by atoms with van der Waals surface area (Å²) in [5, 5.41) is 9.96. The van der Waals surface area contributed by atoms with Gasteiger partial charge < -0.3 is 10.1 Å². The van der Waals surface area contributed by atoms with E-state index in [2.05, 4.69) is 37.5 Å². The predicted octanol–water partition coefficient (Wildman–Crippen LogP) is 4.47. The fraction of sp³-hybridized carbons (Fsp3) is 0.423. The number of thiophene rings is 1. The van der Waals surface area contributed by atoms with Gasteiger partial charge in [-0.25, -0.2) is 4.68 Å². The minimum absolute atomic E-state index is 0.0519. The summed E-state index contributed by atoms with van der Waals surface area (Å²) in [5.41, 5.74) is 3.66. The number of nitrogens with zero attached hydrogens (tertiary/aromatic N) is 3. The largest absolute Gasteiger partial charge is 0.383 e. The van der Waals surface area contributed by atoms with Gasteiger partial charge in [0.15, 0.2) is 0 Å². The van der Waals surface area contributed by atoms with Crippen LogP contribution in [-0.2, 0) is 19.7 Å². The molecule has 1 N–H and O–H groups in total. The van der Waals surface area contributed by atoms with E-state index in [0.717, 1.165) is 22.5 Å². The highest BCUT2D eigenvalue weighted by Crippen LogP contribution is 2.49. The van der Waals surface area contributed by atoms with Crippen molar-refractivity contribution in [2.24, 2.45) is 0 Å². The van der Waals surface area contributed by atoms with Crippen LogP contribution >= 0.6 is 23.1 Å². The molecule has 186 valence electrons. The molecule has 1 aromatic carbocycles. The maximum absolute atomic E-state index is 13.5. The van der Waals surface area contributed by atoms with Crippen molar-refractivity contribution in [3.05, 3.63) is 63.5 Å². The Kier molecular flexibility index (Phi) is 7.68. The molecule has 1 aliphatic rings. The van der Waals surface area contributed by atoms with E-state index in [9.17, 15) is 9.59 Å². The molecule has 0 saturated heterocycles. The summed E-state index contributed by atoms with van der Waals surface area (Å²) in [6, 6.07) is 12.2. The molecule has 0 bridgehead atoms. The highest BCUT2D eigenvalue weighted by atomic mass is 32.2. The zero-order valence-corrected chi connectivity index (χ0v) is 22.5. The minimum Gasteiger partial charge on any atom is -0.383 e. The molecule has 0 fully saturated rings. The monoisotopic (exact) mass is 512 g/mol. The normalized spacial score (nSPS) is 16.2. The van der Waals surface area contributed by atoms with Gasteiger partial charge in [-0.15, -0.1) is 23.1 Å². The van der Waals surface area contributed by atoms with Gasteiger partial charge >= 0.3 is 0 Å². The maximum Gasteiger partial charge on any atom is 0.240 e. The number of benzene rings is 1. The molecule has 35 heavy (non-hydrogen) atoms. The van der Waals surface area contributed by atoms with Crippen molar-refractivity contribution in [2.45, 2.75) is 38.4 Å². The lowest BCUT2D eigenvalue weighted by atomic mass is 9.88. The van der Waals surface area contributed by atoms with E-state index in [-0.39, 0.29) is 34.8 Å². The number of fused-ring (bicyclic) bond motifs is 1. The molecule has 0 radical (unpaired) electrons. The molecule has 9 heteroatoms. The number of ether oxygens (including phenoxy) is 1. The molecule has 3 aromatic rings. The van der Waals surface area contributed by atoms with Gasteiger partial charge in [-0.2, -0.15) is 5.10 Å². The van der Waals surface area contributed by atoms with Crippen molar-refractivity contribution in [1.29, 1.82) is 0 Å². The Balaban J connectivity index is 1.92. The van der Waals surface area contributed by atoms with Gasteiger partial charge in [-0.05, 0) is 30.5 Å². The third kappa shape index (κ3) is 5.47. The van der Waals surface area contributed by atoms with Gasteiger partial charge in [0.25, 0.3) is 0 Å². The standard InChI is InChI=1S/C26H32N4O3S2/c1-17-8-10-18(11-9-17)30-25-22(24(28-30)26(2,3)4)23(19-7-6-14-34-19)35-16-21(32)29(25)15-20(31)27-12-13-33-5/h6-11,14,23H,12-13,15-16H2,1-5H3,(H,27,31). The van der Waals surface area contributed by atoms with Crippen LogP contribution in [-0.4, -0.2) is 54.2 Å². The van der Waals surface area contributed by atoms with Crippen LogP contribution in [0.3, 0.4) is 0 Å². The van der Waals surface area contributed by atoms with Crippen molar-refractivity contribution in [3.63, 3.8) is 0 Å². The van der Waals surface area contributed by atoms with Gasteiger partial charge in [0.2, 0.25) is 11.8 Å². The van der Waals surface area contributed by atoms with E-state index >= 15 is 0 Å². The molecule has 0 spiro atoms. The van der Waals surface area contributed by atoms with E-state index in [1.807, 2.05) is 41.9 Å². The average molecular weight is 513 g/mol. The van der Waals surface area contributed by atoms with E-state index in [1.54, 1.807) is 35.1 Å². The zero-order chi connectivity index (χ0) is 25.2. The van der Waals surface area contributed by atoms with E-state index in [0.29, 0.717) is 19.0 Å². The molecule has 1 atom stereocenters. The summed E-state index contributed by atoms with van der Waals surface area (Å²) in [4.78, 5) is 29.2. The van der Waals surface area contributed by atoms with Crippen molar-refractivity contribution in [2.75, 3.05) is 37.5 Å². The van der Waals surface area contributed by atoms with Crippen molar-refractivity contribution >= 4 is 40.7 Å². The third-order valence-corrected chi connectivity index (χ3v) is 8.13. The number of rotatable bonds is 7. The van der Waals surface area contributed by atoms with E-state index in [4.69, 9.17) is 9.84 Å². The summed E-state index contributed by atoms with van der Waals surface area (Å²) >= 11 is 3.28. The van der Waals surface area contributed by atoms with Crippen LogP contribution in [0, 0.1) is 6.92 Å². The molecule has 0 aliphatic carbocycles. The topological polar surface area (TPSA) is 76.5 Å². The highest BCUT2D eigenvalue weighted by molar-refractivity contribution is 8.00. The summed E-state index contributed by atoms with van der Waals surface area (Å²) in [6.45, 7) is 9.18. The molecule has 7 nitrogen and oxygen atoms in total. The Bertz CT molecular complexity index is 1180. The molecule has 3 heterocycles. The summed E-state index contributed by atoms with van der Waals surface area (Å²) in [6.07, 6.45) is 0. The number of aryl methyl sites for hydroxylation is 1. The average Bonchev–Trinajstić information content (AvgIpc) is 3.45. The lowest BCUT2D eigenvalue weighted by molar-refractivity contribution is -0.123. The number of methoxy groups -OCH3 is 1. The Morgan fingerprint density at radius 1 is 1.23 bits per heavy atom. The summed E-state index contributed by atoms with van der Waals surface area (Å²) in [5.74, 6) is 0.620. The van der Waals surface area contributed by atoms with Gasteiger partial charge in [-0.3, -0.25) is 14.5 Å². The zero-order valence-electron chi connectivity index (χ0n) is 20.8. The number of carbonyl (C=O) groups is 2. The summed E-state index contributed by atoms with van der Waals surface area (Å²) in [7, 11) is 1.59. The molecule has 1 aliphatic heterocycles. The van der Waals surface area contributed by atoms with Crippen LogP contribution in [0.25, 0.3) is 5.69 Å². The lowest BCUT2D eigenvalue weighted by Gasteiger charge is -2.24. The lowest BCUT2D eigenvalue weighted by Crippen LogP contribution is -2.43. The van der Waals surface area contributed by atoms with E-state index in [1.165, 1.54) is 4.88 Å². The molecular weight excluding hydrogens is 480 g/mol. The van der Waals surface area contributed by atoms with Gasteiger partial charge in [0, 0.05) is 29.5 Å². The first kappa shape index (κ1) is 25.5. The quantitative estimate of drug-likeness (QED) is 0.473. The van der Waals surface area contributed by atoms with Gasteiger partial charge in [0.1, 0.15) is 12.4 Å². The number of carbonyl (C=O) groups excluding carboxylic acids is 2. The number of thioether (sulfide) groups is 1. The molecule has 2 amide bonds. The van der Waals surface area contributed by atoms with Crippen LogP contribution in [0.5, 0.6) is 0 Å². The molecule has 0 saturated carbocycles. The Hall–Kier alpha value is -2.62. The van der Waals surface area contributed by atoms with Crippen molar-refractivity contribution < 1.29 is 14.3 Å². The summed E-state index contributed by atoms with van der Waals surface area (Å²) < 4.78 is 6.90. The second-order valence-electron chi connectivity index (χ2n) is 9.61. The molecule has 4 rings (SSSR count). The first-order chi connectivity index (χ1) is 16.7. The van der Waals surface area contributed by atoms with Crippen molar-refractivity contribution in [3.8, 4) is 5.69 Å². The van der Waals surface area contributed by atoms with Gasteiger partial charge in [0.05, 0.1) is 29.0 Å². The van der Waals surface area contributed by atoms with E-state index < -0.39 is 0 Å². The number of hydrogen-bond acceptors (Lipinski definition) is 6. The second kappa shape index (κ2) is 10.6. The first-order valence-corrected chi connectivity index (χ1v) is 13.5. The Morgan fingerprint density at radius 2 is 1.97 bits per heavy atom. The second-order valence-corrected chi connectivity index (χ2v) is 11.7. The maximum atomic E-state index is 13.5. The van der Waals surface area contributed by atoms with Crippen LogP contribution in [0.4, 0.5) is 5.82 Å². The van der Waals surface area contributed by atoms with Crippen LogP contribution in [0.2, 0.25) is 0 Å². The number of anilines is 1. The third-order valence-electron chi connectivity index (χ3n) is 5.81. The number of nitrogens with one attached hydrogen (secondary N) is 1. The minimum atomic E-state index is -0.268. The number of hydrogen-bond donors (Lipinski definition) is 1. The van der Waals surface area contributed by atoms with Gasteiger partial charge in [-0.1, -0.05) is 44.5 Å². The van der Waals surface area contributed by atoms with Crippen LogP contribution in [0.1, 0.15) is 47.7 Å². The number of amides is 2. The van der Waals surface area contributed by atoms with Crippen LogP contribution < -0.4 is 10.2 Å². The fourth-order valence-electron chi connectivity index (χ4n) is 4.10. The molecular formula is C26H32N4O3S2. The number of aromatic nitrogens is 2. The molecule has 1 unspecified atom stereocenters. The smallest absolute Gasteiger partial charge is 0.240 e. The van der Waals surface area contributed by atoms with Crippen molar-refractivity contribution in [1.82, 2.24) is 15.1 Å². The highest BCUT2D eigenvalue weighted by Gasteiger charge is 2.40. The van der Waals surface area contributed by atoms with Crippen LogP contribution in [0.15, 0.2) is 41.8 Å². The SMILES string of the molecule is COCCNC(=O)CN1C(=O)CSC(c2cccs2)c2c(C(C)(C)C)nn(-c3ccc(C)cc3)c21. The fourth-order valence-corrected chi connectivity index (χ4v) is 6.27. The predicted molar refractivity (Wildman–Crippen MR) is 143 cm³/mol. The first-order valence-electron chi connectivity index (χ1n) is 11.6. The Labute approximate surface area is 214 Å². The molecule has 2 aromatic heterocycles. The Morgan fingerprint density at radius 3 is 2.60 bits per heavy atom.